The first kappa shape index (κ1) is 23.5. The molecule has 9 heteroatoms. The molecule has 1 aliphatic heterocycles. The quantitative estimate of drug-likeness (QED) is 0.425. The predicted molar refractivity (Wildman–Crippen MR) is 125 cm³/mol. The molecule has 1 saturated heterocycles. The lowest BCUT2D eigenvalue weighted by Gasteiger charge is -2.20. The van der Waals surface area contributed by atoms with Crippen molar-refractivity contribution in [2.75, 3.05) is 52.2 Å². The highest BCUT2D eigenvalue weighted by Crippen LogP contribution is 2.20. The standard InChI is InChI=1S/C23H32FN7O/c1-25-23(29-19-9-12-31(16-19)21-20(24)8-5-10-26-21)28-15-17-6-4-7-18(14-17)22(32)27-11-13-30(2)3/h4-8,10,14,19H,9,11-13,15-16H2,1-3H3,(H,27,32)(H2,25,28,29). The fourth-order valence-corrected chi connectivity index (χ4v) is 3.57. The van der Waals surface area contributed by atoms with E-state index in [1.54, 1.807) is 19.3 Å². The molecule has 3 N–H and O–H groups in total. The Bertz CT molecular complexity index is 934. The summed E-state index contributed by atoms with van der Waals surface area (Å²) in [7, 11) is 5.66. The molecule has 1 unspecified atom stereocenters. The number of halogens is 1. The van der Waals surface area contributed by atoms with Crippen LogP contribution in [0.5, 0.6) is 0 Å². The molecule has 2 heterocycles. The first-order valence-electron chi connectivity index (χ1n) is 10.8. The van der Waals surface area contributed by atoms with Gasteiger partial charge in [0.2, 0.25) is 0 Å². The summed E-state index contributed by atoms with van der Waals surface area (Å²) in [5.74, 6) is 0.671. The number of aromatic nitrogens is 1. The Balaban J connectivity index is 1.50. The normalized spacial score (nSPS) is 16.3. The average molecular weight is 442 g/mol. The fraction of sp³-hybridized carbons (Fsp3) is 0.435. The molecule has 32 heavy (non-hydrogen) atoms. The molecule has 172 valence electrons. The van der Waals surface area contributed by atoms with Crippen molar-refractivity contribution in [3.8, 4) is 0 Å². The van der Waals surface area contributed by atoms with Crippen LogP contribution in [0.1, 0.15) is 22.3 Å². The van der Waals surface area contributed by atoms with Crippen molar-refractivity contribution in [3.05, 3.63) is 59.5 Å². The van der Waals surface area contributed by atoms with Crippen LogP contribution >= 0.6 is 0 Å². The third kappa shape index (κ3) is 6.65. The second-order valence-corrected chi connectivity index (χ2v) is 8.07. The first-order valence-corrected chi connectivity index (χ1v) is 10.8. The number of amides is 1. The number of carbonyl (C=O) groups is 1. The van der Waals surface area contributed by atoms with Crippen LogP contribution in [-0.4, -0.2) is 75.1 Å². The van der Waals surface area contributed by atoms with Gasteiger partial charge in [-0.15, -0.1) is 0 Å². The van der Waals surface area contributed by atoms with Crippen molar-refractivity contribution in [2.45, 2.75) is 19.0 Å². The zero-order valence-corrected chi connectivity index (χ0v) is 18.9. The summed E-state index contributed by atoms with van der Waals surface area (Å²) in [6.45, 7) is 3.31. The van der Waals surface area contributed by atoms with E-state index in [-0.39, 0.29) is 17.8 Å². The maximum absolute atomic E-state index is 14.0. The van der Waals surface area contributed by atoms with Gasteiger partial charge in [0.1, 0.15) is 0 Å². The molecule has 1 aliphatic rings. The van der Waals surface area contributed by atoms with Crippen LogP contribution in [0.15, 0.2) is 47.6 Å². The van der Waals surface area contributed by atoms with Gasteiger partial charge in [0, 0.05) is 57.6 Å². The molecule has 2 aromatic rings. The van der Waals surface area contributed by atoms with E-state index in [2.05, 4.69) is 25.9 Å². The minimum atomic E-state index is -0.304. The maximum atomic E-state index is 14.0. The van der Waals surface area contributed by atoms with Crippen LogP contribution in [-0.2, 0) is 6.54 Å². The lowest BCUT2D eigenvalue weighted by molar-refractivity contribution is 0.0951. The molecule has 1 aromatic heterocycles. The van der Waals surface area contributed by atoms with Gasteiger partial charge in [0.15, 0.2) is 17.6 Å². The summed E-state index contributed by atoms with van der Waals surface area (Å²) in [6.07, 6.45) is 2.47. The van der Waals surface area contributed by atoms with E-state index in [1.165, 1.54) is 6.07 Å². The summed E-state index contributed by atoms with van der Waals surface area (Å²) in [4.78, 5) is 24.8. The van der Waals surface area contributed by atoms with E-state index in [4.69, 9.17) is 0 Å². The van der Waals surface area contributed by atoms with Gasteiger partial charge in [-0.1, -0.05) is 12.1 Å². The SMILES string of the molecule is CN=C(NCc1cccc(C(=O)NCCN(C)C)c1)NC1CCN(c2ncccc2F)C1. The summed E-state index contributed by atoms with van der Waals surface area (Å²) in [6, 6.07) is 10.7. The molecule has 8 nitrogen and oxygen atoms in total. The second kappa shape index (κ2) is 11.4. The van der Waals surface area contributed by atoms with Crippen LogP contribution in [0.25, 0.3) is 0 Å². The Morgan fingerprint density at radius 3 is 2.88 bits per heavy atom. The van der Waals surface area contributed by atoms with Gasteiger partial charge in [0.25, 0.3) is 5.91 Å². The molecular weight excluding hydrogens is 409 g/mol. The van der Waals surface area contributed by atoms with Crippen molar-refractivity contribution in [1.82, 2.24) is 25.8 Å². The van der Waals surface area contributed by atoms with Crippen molar-refractivity contribution in [2.24, 2.45) is 4.99 Å². The Hall–Kier alpha value is -3.20. The monoisotopic (exact) mass is 441 g/mol. The van der Waals surface area contributed by atoms with Gasteiger partial charge in [-0.25, -0.2) is 9.37 Å². The highest BCUT2D eigenvalue weighted by Gasteiger charge is 2.25. The Labute approximate surface area is 188 Å². The zero-order chi connectivity index (χ0) is 22.9. The summed E-state index contributed by atoms with van der Waals surface area (Å²) < 4.78 is 14.0. The maximum Gasteiger partial charge on any atom is 0.251 e. The molecule has 3 rings (SSSR count). The zero-order valence-electron chi connectivity index (χ0n) is 18.9. The largest absolute Gasteiger partial charge is 0.352 e. The summed E-state index contributed by atoms with van der Waals surface area (Å²) >= 11 is 0. The molecule has 0 aliphatic carbocycles. The number of hydrogen-bond donors (Lipinski definition) is 3. The van der Waals surface area contributed by atoms with Gasteiger partial charge < -0.3 is 25.8 Å². The van der Waals surface area contributed by atoms with Crippen molar-refractivity contribution in [1.29, 1.82) is 0 Å². The topological polar surface area (TPSA) is 84.9 Å². The van der Waals surface area contributed by atoms with E-state index in [1.807, 2.05) is 48.2 Å². The van der Waals surface area contributed by atoms with E-state index in [0.29, 0.717) is 37.0 Å². The Morgan fingerprint density at radius 2 is 2.12 bits per heavy atom. The van der Waals surface area contributed by atoms with Gasteiger partial charge in [-0.2, -0.15) is 0 Å². The number of nitrogens with one attached hydrogen (secondary N) is 3. The number of rotatable bonds is 8. The minimum Gasteiger partial charge on any atom is -0.352 e. The smallest absolute Gasteiger partial charge is 0.251 e. The molecule has 1 fully saturated rings. The number of guanidine groups is 1. The average Bonchev–Trinajstić information content (AvgIpc) is 3.25. The molecule has 1 atom stereocenters. The lowest BCUT2D eigenvalue weighted by atomic mass is 10.1. The van der Waals surface area contributed by atoms with Crippen LogP contribution in [0.4, 0.5) is 10.2 Å². The van der Waals surface area contributed by atoms with Gasteiger partial charge in [-0.05, 0) is 50.3 Å². The van der Waals surface area contributed by atoms with Crippen LogP contribution in [0, 0.1) is 5.82 Å². The number of carbonyl (C=O) groups excluding carboxylic acids is 1. The summed E-state index contributed by atoms with van der Waals surface area (Å²) in [5.41, 5.74) is 1.62. The van der Waals surface area contributed by atoms with Crippen molar-refractivity contribution >= 4 is 17.7 Å². The number of anilines is 1. The highest BCUT2D eigenvalue weighted by atomic mass is 19.1. The number of pyridine rings is 1. The van der Waals surface area contributed by atoms with Gasteiger partial charge in [0.05, 0.1) is 0 Å². The number of hydrogen-bond acceptors (Lipinski definition) is 5. The van der Waals surface area contributed by atoms with Crippen LogP contribution < -0.4 is 20.9 Å². The van der Waals surface area contributed by atoms with E-state index in [0.717, 1.165) is 25.1 Å². The Kier molecular flexibility index (Phi) is 8.38. The number of likely N-dealkylation sites (N-methyl/N-ethyl adjacent to an activating group) is 1. The summed E-state index contributed by atoms with van der Waals surface area (Å²) in [5, 5.41) is 9.62. The molecule has 0 saturated carbocycles. The molecule has 0 bridgehead atoms. The van der Waals surface area contributed by atoms with Crippen LogP contribution in [0.3, 0.4) is 0 Å². The number of aliphatic imine (C=N–C) groups is 1. The predicted octanol–water partition coefficient (Wildman–Crippen LogP) is 1.46. The van der Waals surface area contributed by atoms with Crippen molar-refractivity contribution in [3.63, 3.8) is 0 Å². The Morgan fingerprint density at radius 1 is 1.28 bits per heavy atom. The number of benzene rings is 1. The minimum absolute atomic E-state index is 0.0796. The van der Waals surface area contributed by atoms with E-state index < -0.39 is 0 Å². The highest BCUT2D eigenvalue weighted by molar-refractivity contribution is 5.94. The van der Waals surface area contributed by atoms with E-state index >= 15 is 0 Å². The molecule has 1 aromatic carbocycles. The third-order valence-corrected chi connectivity index (χ3v) is 5.28. The second-order valence-electron chi connectivity index (χ2n) is 8.07. The van der Waals surface area contributed by atoms with Crippen molar-refractivity contribution < 1.29 is 9.18 Å². The molecule has 0 radical (unpaired) electrons. The molecule has 1 amide bonds. The van der Waals surface area contributed by atoms with Gasteiger partial charge in [-0.3, -0.25) is 9.79 Å². The van der Waals surface area contributed by atoms with Gasteiger partial charge >= 0.3 is 0 Å². The lowest BCUT2D eigenvalue weighted by Crippen LogP contribution is -2.44. The van der Waals surface area contributed by atoms with Crippen LogP contribution in [0.2, 0.25) is 0 Å². The molecule has 0 spiro atoms. The first-order chi connectivity index (χ1) is 15.5. The molecular formula is C23H32FN7O. The van der Waals surface area contributed by atoms with E-state index in [9.17, 15) is 9.18 Å². The number of nitrogens with zero attached hydrogens (tertiary/aromatic N) is 4. The third-order valence-electron chi connectivity index (χ3n) is 5.28. The fourth-order valence-electron chi connectivity index (χ4n) is 3.57.